The van der Waals surface area contributed by atoms with Gasteiger partial charge in [0.1, 0.15) is 5.75 Å². The Labute approximate surface area is 347 Å². The standard InChI is InChI=1S/C29H16NS.C21H16N3O.Ir/c1-2-7-19-13-23-16-28-25(14-22(23)12-18(19)6-1)29-24(10-5-11-27(29)31-28)26-15-20-8-3-4-9-21(20)17-30-26;1-25-20-4-2-3-18(15-20)16-5-7-17(8-6-16)21-23-13-14-24(21)19-9-11-22-12-10-19;/h1-9,11-17H;2-7,9-15H,1H3;/q2*-1;. The smallest absolute Gasteiger partial charge is 0.118 e. The number of pyridine rings is 2. The van der Waals surface area contributed by atoms with Crippen molar-refractivity contribution >= 4 is 63.8 Å². The monoisotopic (exact) mass is 929 g/mol. The largest absolute Gasteiger partial charge is 0.497 e. The van der Waals surface area contributed by atoms with Crippen molar-refractivity contribution < 1.29 is 24.8 Å². The average Bonchev–Trinajstić information content (AvgIpc) is 3.90. The summed E-state index contributed by atoms with van der Waals surface area (Å²) in [6.45, 7) is 0. The van der Waals surface area contributed by atoms with Gasteiger partial charge in [0, 0.05) is 61.5 Å². The summed E-state index contributed by atoms with van der Waals surface area (Å²) in [7, 11) is 1.67. The number of rotatable bonds is 5. The predicted molar refractivity (Wildman–Crippen MR) is 232 cm³/mol. The molecular weight excluding hydrogens is 897 g/mol. The van der Waals surface area contributed by atoms with E-state index in [2.05, 4.69) is 119 Å². The van der Waals surface area contributed by atoms with E-state index in [1.165, 1.54) is 47.1 Å². The first kappa shape index (κ1) is 36.2. The first-order valence-electron chi connectivity index (χ1n) is 18.3. The Hall–Kier alpha value is -6.50. The average molecular weight is 929 g/mol. The Morgan fingerprint density at radius 1 is 0.614 bits per heavy atom. The molecule has 0 aliphatic rings. The van der Waals surface area contributed by atoms with Crippen molar-refractivity contribution in [2.24, 2.45) is 0 Å². The van der Waals surface area contributed by atoms with E-state index >= 15 is 0 Å². The second-order valence-electron chi connectivity index (χ2n) is 13.6. The Balaban J connectivity index is 0.000000149. The van der Waals surface area contributed by atoms with Crippen LogP contribution in [0.2, 0.25) is 0 Å². The molecular formula is C50H32IrN4OS-2. The van der Waals surface area contributed by atoms with E-state index in [1.807, 2.05) is 76.8 Å². The molecule has 0 fully saturated rings. The van der Waals surface area contributed by atoms with Crippen LogP contribution >= 0.6 is 11.3 Å². The summed E-state index contributed by atoms with van der Waals surface area (Å²) in [6, 6.07) is 57.4. The van der Waals surface area contributed by atoms with Crippen molar-refractivity contribution in [1.82, 2.24) is 19.5 Å². The Morgan fingerprint density at radius 2 is 1.37 bits per heavy atom. The Morgan fingerprint density at radius 3 is 2.12 bits per heavy atom. The minimum Gasteiger partial charge on any atom is -0.497 e. The molecule has 0 aliphatic carbocycles. The van der Waals surface area contributed by atoms with Crippen molar-refractivity contribution in [3.63, 3.8) is 0 Å². The topological polar surface area (TPSA) is 52.8 Å². The molecule has 5 nitrogen and oxygen atoms in total. The number of nitrogens with zero attached hydrogens (tertiary/aromatic N) is 4. The van der Waals surface area contributed by atoms with E-state index in [0.29, 0.717) is 0 Å². The molecule has 0 saturated carbocycles. The molecule has 11 rings (SSSR count). The van der Waals surface area contributed by atoms with Gasteiger partial charge in [0.15, 0.2) is 0 Å². The van der Waals surface area contributed by atoms with Gasteiger partial charge < -0.3 is 14.3 Å². The molecule has 0 atom stereocenters. The van der Waals surface area contributed by atoms with E-state index in [9.17, 15) is 0 Å². The van der Waals surface area contributed by atoms with Gasteiger partial charge in [-0.15, -0.1) is 53.6 Å². The number of methoxy groups -OCH3 is 1. The van der Waals surface area contributed by atoms with E-state index in [1.54, 1.807) is 25.7 Å². The van der Waals surface area contributed by atoms with Gasteiger partial charge in [0.25, 0.3) is 0 Å². The first-order chi connectivity index (χ1) is 27.7. The van der Waals surface area contributed by atoms with Gasteiger partial charge in [0.05, 0.1) is 12.9 Å². The zero-order valence-corrected chi connectivity index (χ0v) is 33.9. The minimum atomic E-state index is 0. The van der Waals surface area contributed by atoms with Crippen LogP contribution in [0.3, 0.4) is 0 Å². The van der Waals surface area contributed by atoms with Crippen molar-refractivity contribution in [3.8, 4) is 45.2 Å². The van der Waals surface area contributed by atoms with Crippen LogP contribution in [0.4, 0.5) is 0 Å². The maximum Gasteiger partial charge on any atom is 0.118 e. The molecule has 0 N–H and O–H groups in total. The fourth-order valence-electron chi connectivity index (χ4n) is 7.39. The molecule has 0 spiro atoms. The first-order valence-corrected chi connectivity index (χ1v) is 19.2. The number of aromatic nitrogens is 4. The number of ether oxygens (including phenoxy) is 1. The molecule has 1 radical (unpaired) electrons. The zero-order chi connectivity index (χ0) is 37.4. The predicted octanol–water partition coefficient (Wildman–Crippen LogP) is 12.8. The summed E-state index contributed by atoms with van der Waals surface area (Å²) in [5.74, 6) is 1.69. The van der Waals surface area contributed by atoms with Crippen LogP contribution in [-0.4, -0.2) is 26.6 Å². The summed E-state index contributed by atoms with van der Waals surface area (Å²) >= 11 is 1.85. The Kier molecular flexibility index (Phi) is 9.87. The van der Waals surface area contributed by atoms with Crippen LogP contribution in [0, 0.1) is 12.1 Å². The third-order valence-corrected chi connectivity index (χ3v) is 11.3. The molecule has 0 amide bonds. The SMILES string of the molecule is COc1cccc(-c2c[c-]c(-c3nccn3-c3ccncc3)cc2)c1.[Ir].[c-]1ccc2sc3cc4cc5ccccc5cc4cc3c2c1-c1cc2ccccc2cn1. The van der Waals surface area contributed by atoms with Crippen LogP contribution in [0.5, 0.6) is 5.75 Å². The molecule has 275 valence electrons. The minimum absolute atomic E-state index is 0. The number of benzene rings is 7. The van der Waals surface area contributed by atoms with Crippen LogP contribution in [0.15, 0.2) is 177 Å². The van der Waals surface area contributed by atoms with Gasteiger partial charge in [0.2, 0.25) is 0 Å². The van der Waals surface area contributed by atoms with Crippen molar-refractivity contribution in [3.05, 3.63) is 189 Å². The Bertz CT molecular complexity index is 3190. The van der Waals surface area contributed by atoms with Crippen LogP contribution in [0.25, 0.3) is 91.9 Å². The number of imidazole rings is 1. The second-order valence-corrected chi connectivity index (χ2v) is 14.6. The zero-order valence-electron chi connectivity index (χ0n) is 30.7. The molecule has 11 aromatic rings. The molecule has 0 saturated heterocycles. The molecule has 0 aliphatic heterocycles. The number of hydrogen-bond donors (Lipinski definition) is 0. The fraction of sp³-hybridized carbons (Fsp3) is 0.0200. The summed E-state index contributed by atoms with van der Waals surface area (Å²) in [6.07, 6.45) is 9.24. The van der Waals surface area contributed by atoms with Gasteiger partial charge in [-0.05, 0) is 90.6 Å². The van der Waals surface area contributed by atoms with Crippen molar-refractivity contribution in [2.75, 3.05) is 7.11 Å². The second kappa shape index (κ2) is 15.6. The maximum atomic E-state index is 5.30. The quantitative estimate of drug-likeness (QED) is 0.127. The summed E-state index contributed by atoms with van der Waals surface area (Å²) in [5, 5.41) is 10.0. The van der Waals surface area contributed by atoms with Crippen LogP contribution in [0.1, 0.15) is 0 Å². The van der Waals surface area contributed by atoms with Gasteiger partial charge >= 0.3 is 0 Å². The summed E-state index contributed by atoms with van der Waals surface area (Å²) < 4.78 is 9.90. The molecule has 57 heavy (non-hydrogen) atoms. The van der Waals surface area contributed by atoms with Gasteiger partial charge in [-0.3, -0.25) is 9.97 Å². The van der Waals surface area contributed by atoms with E-state index < -0.39 is 0 Å². The van der Waals surface area contributed by atoms with E-state index in [0.717, 1.165) is 50.6 Å². The number of fused-ring (bicyclic) bond motifs is 6. The van der Waals surface area contributed by atoms with E-state index in [-0.39, 0.29) is 20.1 Å². The molecule has 7 aromatic carbocycles. The normalized spacial score (nSPS) is 11.1. The molecule has 7 heteroatoms. The van der Waals surface area contributed by atoms with Crippen molar-refractivity contribution in [1.29, 1.82) is 0 Å². The van der Waals surface area contributed by atoms with Gasteiger partial charge in [-0.2, -0.15) is 11.3 Å². The summed E-state index contributed by atoms with van der Waals surface area (Å²) in [5.41, 5.74) is 6.20. The molecule has 4 aromatic heterocycles. The van der Waals surface area contributed by atoms with E-state index in [4.69, 9.17) is 9.72 Å². The van der Waals surface area contributed by atoms with Gasteiger partial charge in [-0.25, -0.2) is 0 Å². The number of hydrogen-bond acceptors (Lipinski definition) is 5. The third kappa shape index (κ3) is 6.98. The van der Waals surface area contributed by atoms with Crippen molar-refractivity contribution in [2.45, 2.75) is 0 Å². The van der Waals surface area contributed by atoms with Crippen LogP contribution < -0.4 is 4.74 Å². The maximum absolute atomic E-state index is 5.30. The van der Waals surface area contributed by atoms with Crippen LogP contribution in [-0.2, 0) is 20.1 Å². The molecule has 0 unspecified atom stereocenters. The third-order valence-electron chi connectivity index (χ3n) is 10.2. The summed E-state index contributed by atoms with van der Waals surface area (Å²) in [4.78, 5) is 13.3. The number of thiophene rings is 1. The van der Waals surface area contributed by atoms with Gasteiger partial charge in [-0.1, -0.05) is 89.3 Å². The molecule has 4 heterocycles. The molecule has 0 bridgehead atoms. The fourth-order valence-corrected chi connectivity index (χ4v) is 8.53.